The summed E-state index contributed by atoms with van der Waals surface area (Å²) in [5.41, 5.74) is 0.426. The van der Waals surface area contributed by atoms with Crippen molar-refractivity contribution in [2.45, 2.75) is 32.1 Å². The SMILES string of the molecule is CN(CC1CCC1)C(=O)C(=O)Nc1ccc(NC(=O)C2CC2)nc1. The third-order valence-corrected chi connectivity index (χ3v) is 4.52. The molecule has 0 atom stereocenters. The van der Waals surface area contributed by atoms with Crippen LogP contribution in [0.1, 0.15) is 32.1 Å². The quantitative estimate of drug-likeness (QED) is 0.803. The molecule has 2 aliphatic carbocycles. The van der Waals surface area contributed by atoms with Crippen molar-refractivity contribution in [2.75, 3.05) is 24.2 Å². The standard InChI is InChI=1S/C17H22N4O3/c1-21(10-11-3-2-4-11)17(24)16(23)19-13-7-8-14(18-9-13)20-15(22)12-5-6-12/h7-9,11-12H,2-6,10H2,1H3,(H,19,23)(H,18,20,22). The molecule has 0 aliphatic heterocycles. The maximum absolute atomic E-state index is 12.1. The van der Waals surface area contributed by atoms with Gasteiger partial charge in [-0.15, -0.1) is 0 Å². The highest BCUT2D eigenvalue weighted by molar-refractivity contribution is 6.39. The molecule has 3 amide bonds. The van der Waals surface area contributed by atoms with E-state index in [1.54, 1.807) is 19.2 Å². The van der Waals surface area contributed by atoms with E-state index in [0.717, 1.165) is 25.7 Å². The number of carbonyl (C=O) groups is 3. The van der Waals surface area contributed by atoms with E-state index in [4.69, 9.17) is 0 Å². The lowest BCUT2D eigenvalue weighted by Crippen LogP contribution is -2.40. The summed E-state index contributed by atoms with van der Waals surface area (Å²) in [5, 5.41) is 5.26. The minimum absolute atomic E-state index is 0.0212. The highest BCUT2D eigenvalue weighted by Gasteiger charge is 2.29. The second kappa shape index (κ2) is 6.98. The Balaban J connectivity index is 1.49. The van der Waals surface area contributed by atoms with Gasteiger partial charge in [-0.25, -0.2) is 4.98 Å². The molecule has 2 saturated carbocycles. The molecule has 7 heteroatoms. The van der Waals surface area contributed by atoms with Gasteiger partial charge in [-0.2, -0.15) is 0 Å². The minimum atomic E-state index is -0.673. The molecule has 2 fully saturated rings. The van der Waals surface area contributed by atoms with Crippen molar-refractivity contribution in [3.8, 4) is 0 Å². The second-order valence-electron chi connectivity index (χ2n) is 6.63. The Hall–Kier alpha value is -2.44. The molecule has 1 aromatic heterocycles. The zero-order valence-electron chi connectivity index (χ0n) is 13.7. The van der Waals surface area contributed by atoms with Crippen molar-refractivity contribution in [2.24, 2.45) is 11.8 Å². The maximum atomic E-state index is 12.1. The predicted octanol–water partition coefficient (Wildman–Crippen LogP) is 1.63. The van der Waals surface area contributed by atoms with Crippen LogP contribution in [0.15, 0.2) is 18.3 Å². The van der Waals surface area contributed by atoms with E-state index in [9.17, 15) is 14.4 Å². The number of pyridine rings is 1. The Labute approximate surface area is 140 Å². The molecule has 2 aliphatic rings. The Morgan fingerprint density at radius 2 is 1.92 bits per heavy atom. The molecule has 128 valence electrons. The summed E-state index contributed by atoms with van der Waals surface area (Å²) in [5.74, 6) is -0.176. The summed E-state index contributed by atoms with van der Waals surface area (Å²) >= 11 is 0. The molecule has 2 N–H and O–H groups in total. The van der Waals surface area contributed by atoms with Crippen LogP contribution in [0.3, 0.4) is 0 Å². The number of aromatic nitrogens is 1. The first-order valence-corrected chi connectivity index (χ1v) is 8.36. The van der Waals surface area contributed by atoms with Gasteiger partial charge in [0.15, 0.2) is 0 Å². The van der Waals surface area contributed by atoms with Crippen molar-refractivity contribution in [3.63, 3.8) is 0 Å². The van der Waals surface area contributed by atoms with E-state index in [1.807, 2.05) is 0 Å². The normalized spacial score (nSPS) is 16.9. The third-order valence-electron chi connectivity index (χ3n) is 4.52. The lowest BCUT2D eigenvalue weighted by atomic mass is 9.85. The number of hydrogen-bond acceptors (Lipinski definition) is 4. The van der Waals surface area contributed by atoms with Gasteiger partial charge in [-0.3, -0.25) is 14.4 Å². The van der Waals surface area contributed by atoms with E-state index >= 15 is 0 Å². The molecule has 0 aromatic carbocycles. The molecular formula is C17H22N4O3. The van der Waals surface area contributed by atoms with Gasteiger partial charge in [-0.05, 0) is 43.7 Å². The van der Waals surface area contributed by atoms with Crippen LogP contribution < -0.4 is 10.6 Å². The van der Waals surface area contributed by atoms with E-state index in [2.05, 4.69) is 15.6 Å². The highest BCUT2D eigenvalue weighted by Crippen LogP contribution is 2.30. The van der Waals surface area contributed by atoms with E-state index < -0.39 is 11.8 Å². The first-order valence-electron chi connectivity index (χ1n) is 8.36. The number of nitrogens with one attached hydrogen (secondary N) is 2. The smallest absolute Gasteiger partial charge is 0.313 e. The van der Waals surface area contributed by atoms with Crippen molar-refractivity contribution in [1.82, 2.24) is 9.88 Å². The maximum Gasteiger partial charge on any atom is 0.313 e. The number of anilines is 2. The van der Waals surface area contributed by atoms with Gasteiger partial charge >= 0.3 is 11.8 Å². The molecule has 1 heterocycles. The average Bonchev–Trinajstić information content (AvgIpc) is 3.36. The van der Waals surface area contributed by atoms with E-state index in [1.165, 1.54) is 17.5 Å². The Morgan fingerprint density at radius 3 is 2.46 bits per heavy atom. The third kappa shape index (κ3) is 4.10. The predicted molar refractivity (Wildman–Crippen MR) is 89.2 cm³/mol. The van der Waals surface area contributed by atoms with Gasteiger partial charge in [0.2, 0.25) is 5.91 Å². The van der Waals surface area contributed by atoms with Crippen LogP contribution in [0.4, 0.5) is 11.5 Å². The molecule has 1 aromatic rings. The second-order valence-corrected chi connectivity index (χ2v) is 6.63. The number of likely N-dealkylation sites (N-methyl/N-ethyl adjacent to an activating group) is 1. The van der Waals surface area contributed by atoms with Crippen LogP contribution in [-0.4, -0.2) is 41.2 Å². The van der Waals surface area contributed by atoms with E-state index in [0.29, 0.717) is 24.0 Å². The minimum Gasteiger partial charge on any atom is -0.337 e. The highest BCUT2D eigenvalue weighted by atomic mass is 16.2. The molecule has 0 unspecified atom stereocenters. The topological polar surface area (TPSA) is 91.4 Å². The fourth-order valence-corrected chi connectivity index (χ4v) is 2.62. The number of carbonyl (C=O) groups excluding carboxylic acids is 3. The number of nitrogens with zero attached hydrogens (tertiary/aromatic N) is 2. The van der Waals surface area contributed by atoms with Crippen LogP contribution in [0.5, 0.6) is 0 Å². The molecular weight excluding hydrogens is 308 g/mol. The fourth-order valence-electron chi connectivity index (χ4n) is 2.62. The summed E-state index contributed by atoms with van der Waals surface area (Å²) in [7, 11) is 1.65. The van der Waals surface area contributed by atoms with Crippen LogP contribution in [0.25, 0.3) is 0 Å². The molecule has 7 nitrogen and oxygen atoms in total. The molecule has 0 bridgehead atoms. The lowest BCUT2D eigenvalue weighted by molar-refractivity contribution is -0.142. The number of rotatable bonds is 5. The fraction of sp³-hybridized carbons (Fsp3) is 0.529. The summed E-state index contributed by atoms with van der Waals surface area (Å²) in [6.45, 7) is 0.622. The van der Waals surface area contributed by atoms with Gasteiger partial charge in [0.1, 0.15) is 5.82 Å². The molecule has 24 heavy (non-hydrogen) atoms. The Kier molecular flexibility index (Phi) is 4.78. The first-order chi connectivity index (χ1) is 11.5. The number of hydrogen-bond donors (Lipinski definition) is 2. The molecule has 3 rings (SSSR count). The Bertz CT molecular complexity index is 636. The molecule has 0 saturated heterocycles. The van der Waals surface area contributed by atoms with Gasteiger partial charge in [0, 0.05) is 19.5 Å². The van der Waals surface area contributed by atoms with E-state index in [-0.39, 0.29) is 11.8 Å². The van der Waals surface area contributed by atoms with Gasteiger partial charge in [-0.1, -0.05) is 6.42 Å². The monoisotopic (exact) mass is 330 g/mol. The van der Waals surface area contributed by atoms with Crippen LogP contribution in [-0.2, 0) is 14.4 Å². The largest absolute Gasteiger partial charge is 0.337 e. The summed E-state index contributed by atoms with van der Waals surface area (Å²) in [6, 6.07) is 3.23. The van der Waals surface area contributed by atoms with Crippen LogP contribution in [0.2, 0.25) is 0 Å². The summed E-state index contributed by atoms with van der Waals surface area (Å²) < 4.78 is 0. The van der Waals surface area contributed by atoms with Gasteiger partial charge < -0.3 is 15.5 Å². The lowest BCUT2D eigenvalue weighted by Gasteiger charge is -2.29. The molecule has 0 spiro atoms. The average molecular weight is 330 g/mol. The number of amides is 3. The summed E-state index contributed by atoms with van der Waals surface area (Å²) in [6.07, 6.45) is 6.73. The summed E-state index contributed by atoms with van der Waals surface area (Å²) in [4.78, 5) is 41.3. The van der Waals surface area contributed by atoms with Crippen molar-refractivity contribution in [3.05, 3.63) is 18.3 Å². The first kappa shape index (κ1) is 16.4. The van der Waals surface area contributed by atoms with Crippen LogP contribution >= 0.6 is 0 Å². The van der Waals surface area contributed by atoms with Crippen molar-refractivity contribution >= 4 is 29.2 Å². The zero-order valence-corrected chi connectivity index (χ0v) is 13.7. The zero-order chi connectivity index (χ0) is 17.1. The molecule has 0 radical (unpaired) electrons. The van der Waals surface area contributed by atoms with Crippen molar-refractivity contribution < 1.29 is 14.4 Å². The van der Waals surface area contributed by atoms with Gasteiger partial charge in [0.05, 0.1) is 11.9 Å². The Morgan fingerprint density at radius 1 is 1.17 bits per heavy atom. The van der Waals surface area contributed by atoms with Gasteiger partial charge in [0.25, 0.3) is 0 Å². The van der Waals surface area contributed by atoms with Crippen LogP contribution in [0, 0.1) is 11.8 Å². The van der Waals surface area contributed by atoms with Crippen molar-refractivity contribution in [1.29, 1.82) is 0 Å².